The van der Waals surface area contributed by atoms with Crippen LogP contribution in [-0.2, 0) is 6.54 Å². The first kappa shape index (κ1) is 15.5. The van der Waals surface area contributed by atoms with Gasteiger partial charge in [0.25, 0.3) is 0 Å². The van der Waals surface area contributed by atoms with Gasteiger partial charge in [-0.25, -0.2) is 4.79 Å². The van der Waals surface area contributed by atoms with E-state index in [2.05, 4.69) is 15.5 Å². The maximum Gasteiger partial charge on any atom is 0.354 e. The maximum absolute atomic E-state index is 12.7. The number of carboxylic acid groups (broad SMARTS) is 1. The van der Waals surface area contributed by atoms with E-state index in [0.717, 1.165) is 0 Å². The molecule has 0 saturated heterocycles. The monoisotopic (exact) mass is 321 g/mol. The van der Waals surface area contributed by atoms with Crippen LogP contribution in [0.25, 0.3) is 0 Å². The number of H-pyrrole nitrogens is 1. The fourth-order valence-corrected chi connectivity index (χ4v) is 2.40. The lowest BCUT2D eigenvalue weighted by atomic mass is 10.0. The Morgan fingerprint density at radius 3 is 2.50 bits per heavy atom. The third-order valence-corrected chi connectivity index (χ3v) is 3.61. The summed E-state index contributed by atoms with van der Waals surface area (Å²) in [5.74, 6) is -1.16. The van der Waals surface area contributed by atoms with Crippen molar-refractivity contribution in [2.75, 3.05) is 5.32 Å². The Kier molecular flexibility index (Phi) is 4.38. The number of benzene rings is 2. The zero-order valence-corrected chi connectivity index (χ0v) is 12.7. The summed E-state index contributed by atoms with van der Waals surface area (Å²) in [5.41, 5.74) is 2.33. The minimum atomic E-state index is -1.07. The molecule has 6 nitrogen and oxygen atoms in total. The van der Waals surface area contributed by atoms with Gasteiger partial charge in [0.15, 0.2) is 5.78 Å². The minimum Gasteiger partial charge on any atom is -0.477 e. The van der Waals surface area contributed by atoms with Crippen molar-refractivity contribution in [3.8, 4) is 0 Å². The zero-order chi connectivity index (χ0) is 16.9. The van der Waals surface area contributed by atoms with Crippen molar-refractivity contribution in [2.24, 2.45) is 0 Å². The molecule has 0 bridgehead atoms. The van der Waals surface area contributed by atoms with Crippen molar-refractivity contribution in [1.29, 1.82) is 0 Å². The van der Waals surface area contributed by atoms with Crippen molar-refractivity contribution >= 4 is 17.4 Å². The number of aromatic carboxylic acids is 1. The number of rotatable bonds is 6. The molecule has 0 spiro atoms. The summed E-state index contributed by atoms with van der Waals surface area (Å²) in [4.78, 5) is 23.8. The van der Waals surface area contributed by atoms with Crippen LogP contribution < -0.4 is 5.32 Å². The number of aromatic amines is 1. The summed E-state index contributed by atoms with van der Waals surface area (Å²) in [5, 5.41) is 18.4. The predicted octanol–water partition coefficient (Wildman–Crippen LogP) is 2.95. The molecule has 0 fully saturated rings. The van der Waals surface area contributed by atoms with Crippen LogP contribution in [0, 0.1) is 0 Å². The molecule has 0 saturated carbocycles. The van der Waals surface area contributed by atoms with Crippen LogP contribution in [0.15, 0.2) is 60.8 Å². The van der Waals surface area contributed by atoms with E-state index in [-0.39, 0.29) is 18.0 Å². The second-order valence-electron chi connectivity index (χ2n) is 5.17. The van der Waals surface area contributed by atoms with Gasteiger partial charge in [-0.3, -0.25) is 9.89 Å². The van der Waals surface area contributed by atoms with Crippen LogP contribution in [0.1, 0.15) is 32.0 Å². The molecule has 1 heterocycles. The number of hydrogen-bond donors (Lipinski definition) is 3. The molecule has 3 rings (SSSR count). The molecule has 0 radical (unpaired) electrons. The van der Waals surface area contributed by atoms with Gasteiger partial charge >= 0.3 is 5.97 Å². The topological polar surface area (TPSA) is 95.1 Å². The van der Waals surface area contributed by atoms with E-state index < -0.39 is 5.97 Å². The molecule has 0 unspecified atom stereocenters. The number of anilines is 1. The number of ketones is 1. The average Bonchev–Trinajstić information content (AvgIpc) is 3.09. The van der Waals surface area contributed by atoms with Gasteiger partial charge in [0.2, 0.25) is 0 Å². The standard InChI is InChI=1S/C18H15N3O3/c22-17(12-6-2-1-3-7-12)14-8-4-5-9-15(14)19-10-13-11-20-21-16(13)18(23)24/h1-9,11,19H,10H2,(H,20,21)(H,23,24). The van der Waals surface area contributed by atoms with Gasteiger partial charge in [0, 0.05) is 28.9 Å². The van der Waals surface area contributed by atoms with Crippen LogP contribution >= 0.6 is 0 Å². The van der Waals surface area contributed by atoms with Crippen molar-refractivity contribution in [3.63, 3.8) is 0 Å². The largest absolute Gasteiger partial charge is 0.477 e. The quantitative estimate of drug-likeness (QED) is 0.607. The third-order valence-electron chi connectivity index (χ3n) is 3.61. The SMILES string of the molecule is O=C(c1ccccc1)c1ccccc1NCc1cn[nH]c1C(=O)O. The molecule has 1 aromatic heterocycles. The number of carbonyl (C=O) groups is 2. The van der Waals surface area contributed by atoms with Crippen LogP contribution in [0.5, 0.6) is 0 Å². The highest BCUT2D eigenvalue weighted by molar-refractivity contribution is 6.12. The number of nitrogens with one attached hydrogen (secondary N) is 2. The van der Waals surface area contributed by atoms with Gasteiger partial charge in [-0.15, -0.1) is 0 Å². The van der Waals surface area contributed by atoms with E-state index in [1.165, 1.54) is 6.20 Å². The van der Waals surface area contributed by atoms with Crippen LogP contribution in [0.2, 0.25) is 0 Å². The predicted molar refractivity (Wildman–Crippen MR) is 89.2 cm³/mol. The Morgan fingerprint density at radius 2 is 1.75 bits per heavy atom. The zero-order valence-electron chi connectivity index (χ0n) is 12.7. The van der Waals surface area contributed by atoms with E-state index in [1.54, 1.807) is 30.3 Å². The number of hydrogen-bond acceptors (Lipinski definition) is 4. The summed E-state index contributed by atoms with van der Waals surface area (Å²) in [6.45, 7) is 0.247. The van der Waals surface area contributed by atoms with Gasteiger partial charge in [0.05, 0.1) is 6.20 Å². The first-order valence-corrected chi connectivity index (χ1v) is 7.35. The van der Waals surface area contributed by atoms with Crippen LogP contribution in [-0.4, -0.2) is 27.1 Å². The second-order valence-corrected chi connectivity index (χ2v) is 5.17. The average molecular weight is 321 g/mol. The van der Waals surface area contributed by atoms with Crippen molar-refractivity contribution < 1.29 is 14.7 Å². The molecular formula is C18H15N3O3. The normalized spacial score (nSPS) is 10.3. The number of carboxylic acids is 1. The molecule has 24 heavy (non-hydrogen) atoms. The number of carbonyl (C=O) groups excluding carboxylic acids is 1. The molecule has 3 N–H and O–H groups in total. The highest BCUT2D eigenvalue weighted by Gasteiger charge is 2.15. The summed E-state index contributed by atoms with van der Waals surface area (Å²) < 4.78 is 0. The van der Waals surface area contributed by atoms with Crippen LogP contribution in [0.4, 0.5) is 5.69 Å². The summed E-state index contributed by atoms with van der Waals surface area (Å²) in [6, 6.07) is 16.1. The van der Waals surface area contributed by atoms with Gasteiger partial charge < -0.3 is 10.4 Å². The number of aromatic nitrogens is 2. The molecule has 0 aliphatic heterocycles. The van der Waals surface area contributed by atoms with Crippen molar-refractivity contribution in [1.82, 2.24) is 10.2 Å². The third kappa shape index (κ3) is 3.17. The molecule has 0 aliphatic rings. The van der Waals surface area contributed by atoms with Gasteiger partial charge in [0.1, 0.15) is 5.69 Å². The Balaban J connectivity index is 1.83. The first-order valence-electron chi connectivity index (χ1n) is 7.35. The fraction of sp³-hybridized carbons (Fsp3) is 0.0556. The second kappa shape index (κ2) is 6.78. The number of para-hydroxylation sites is 1. The van der Waals surface area contributed by atoms with Crippen molar-refractivity contribution in [2.45, 2.75) is 6.54 Å². The van der Waals surface area contributed by atoms with E-state index in [1.807, 2.05) is 24.3 Å². The molecule has 0 aliphatic carbocycles. The van der Waals surface area contributed by atoms with Gasteiger partial charge in [-0.05, 0) is 12.1 Å². The Hall–Kier alpha value is -3.41. The van der Waals surface area contributed by atoms with Gasteiger partial charge in [-0.1, -0.05) is 42.5 Å². The molecule has 120 valence electrons. The Morgan fingerprint density at radius 1 is 1.04 bits per heavy atom. The summed E-state index contributed by atoms with van der Waals surface area (Å²) in [6.07, 6.45) is 1.46. The Labute approximate surface area is 138 Å². The molecular weight excluding hydrogens is 306 g/mol. The van der Waals surface area contributed by atoms with Crippen LogP contribution in [0.3, 0.4) is 0 Å². The summed E-state index contributed by atoms with van der Waals surface area (Å²) >= 11 is 0. The smallest absolute Gasteiger partial charge is 0.354 e. The molecule has 0 atom stereocenters. The minimum absolute atomic E-state index is 0.0365. The lowest BCUT2D eigenvalue weighted by Gasteiger charge is -2.11. The Bertz CT molecular complexity index is 872. The lowest BCUT2D eigenvalue weighted by Crippen LogP contribution is -2.10. The van der Waals surface area contributed by atoms with E-state index in [4.69, 9.17) is 5.11 Å². The van der Waals surface area contributed by atoms with E-state index in [9.17, 15) is 9.59 Å². The van der Waals surface area contributed by atoms with Gasteiger partial charge in [-0.2, -0.15) is 5.10 Å². The van der Waals surface area contributed by atoms with E-state index >= 15 is 0 Å². The lowest BCUT2D eigenvalue weighted by molar-refractivity contribution is 0.0689. The van der Waals surface area contributed by atoms with Crippen molar-refractivity contribution in [3.05, 3.63) is 83.2 Å². The molecule has 3 aromatic rings. The molecule has 2 aromatic carbocycles. The fourth-order valence-electron chi connectivity index (χ4n) is 2.40. The summed E-state index contributed by atoms with van der Waals surface area (Å²) in [7, 11) is 0. The van der Waals surface area contributed by atoms with E-state index in [0.29, 0.717) is 22.4 Å². The maximum atomic E-state index is 12.7. The number of nitrogens with zero attached hydrogens (tertiary/aromatic N) is 1. The first-order chi connectivity index (χ1) is 11.7. The molecule has 6 heteroatoms. The highest BCUT2D eigenvalue weighted by atomic mass is 16.4. The highest BCUT2D eigenvalue weighted by Crippen LogP contribution is 2.20. The molecule has 0 amide bonds.